The first-order valence-corrected chi connectivity index (χ1v) is 19.2. The Labute approximate surface area is 321 Å². The summed E-state index contributed by atoms with van der Waals surface area (Å²) in [6, 6.07) is 71.5. The van der Waals surface area contributed by atoms with Gasteiger partial charge in [0.2, 0.25) is 0 Å². The molecule has 1 heterocycles. The van der Waals surface area contributed by atoms with Gasteiger partial charge in [0.25, 0.3) is 0 Å². The van der Waals surface area contributed by atoms with Crippen LogP contribution >= 0.6 is 0 Å². The molecule has 0 spiro atoms. The maximum absolute atomic E-state index is 2.49. The lowest BCUT2D eigenvalue weighted by Crippen LogP contribution is -2.31. The molecule has 260 valence electrons. The summed E-state index contributed by atoms with van der Waals surface area (Å²) in [4.78, 5) is 4.89. The third-order valence-electron chi connectivity index (χ3n) is 11.9. The highest BCUT2D eigenvalue weighted by molar-refractivity contribution is 6.26. The molecule has 1 aliphatic heterocycles. The van der Waals surface area contributed by atoms with Gasteiger partial charge < -0.3 is 9.80 Å². The molecule has 10 aromatic carbocycles. The van der Waals surface area contributed by atoms with Crippen LogP contribution in [0.5, 0.6) is 0 Å². The van der Waals surface area contributed by atoms with Crippen molar-refractivity contribution >= 4 is 88.0 Å². The van der Waals surface area contributed by atoms with Gasteiger partial charge in [-0.25, -0.2) is 0 Å². The monoisotopic (exact) mass is 702 g/mol. The summed E-state index contributed by atoms with van der Waals surface area (Å²) in [5.74, 6) is 0. The number of benzene rings is 10. The predicted molar refractivity (Wildman–Crippen MR) is 235 cm³/mol. The van der Waals surface area contributed by atoms with Crippen LogP contribution in [0.25, 0.3) is 53.9 Å². The maximum Gasteiger partial charge on any atom is 0.0509 e. The molecule has 0 saturated carbocycles. The van der Waals surface area contributed by atoms with Crippen molar-refractivity contribution in [3.8, 4) is 0 Å². The van der Waals surface area contributed by atoms with Gasteiger partial charge in [-0.05, 0) is 132 Å². The number of hydrogen-bond donors (Lipinski definition) is 0. The summed E-state index contributed by atoms with van der Waals surface area (Å²) < 4.78 is 0. The van der Waals surface area contributed by atoms with Gasteiger partial charge in [-0.2, -0.15) is 0 Å². The summed E-state index contributed by atoms with van der Waals surface area (Å²) in [5.41, 5.74) is 9.27. The van der Waals surface area contributed by atoms with Crippen LogP contribution in [0.15, 0.2) is 194 Å². The lowest BCUT2D eigenvalue weighted by Gasteiger charge is -2.43. The molecule has 0 unspecified atom stereocenters. The van der Waals surface area contributed by atoms with Crippen LogP contribution in [0.2, 0.25) is 0 Å². The van der Waals surface area contributed by atoms with E-state index in [1.807, 2.05) is 0 Å². The Hall–Kier alpha value is -6.90. The SMILES string of the molecule is CC1(C)c2cc(N(c3ccccc3)c3ccc4c(ccc5ccccc54)c3)ccc2N(c2ccccc2)c2cc3c4ccccc4c4ccccc4c3cc21. The molecule has 0 radical (unpaired) electrons. The third-order valence-corrected chi connectivity index (χ3v) is 11.9. The van der Waals surface area contributed by atoms with Gasteiger partial charge in [0.15, 0.2) is 0 Å². The Morgan fingerprint density at radius 2 is 0.855 bits per heavy atom. The van der Waals surface area contributed by atoms with Gasteiger partial charge in [0.05, 0.1) is 11.4 Å². The normalized spacial score (nSPS) is 13.4. The van der Waals surface area contributed by atoms with Gasteiger partial charge >= 0.3 is 0 Å². The zero-order chi connectivity index (χ0) is 36.7. The van der Waals surface area contributed by atoms with E-state index in [0.717, 1.165) is 22.7 Å². The molecule has 0 aliphatic carbocycles. The van der Waals surface area contributed by atoms with E-state index in [0.29, 0.717) is 0 Å². The van der Waals surface area contributed by atoms with E-state index in [2.05, 4.69) is 218 Å². The first-order valence-electron chi connectivity index (χ1n) is 19.2. The van der Waals surface area contributed by atoms with E-state index >= 15 is 0 Å². The van der Waals surface area contributed by atoms with Crippen LogP contribution in [-0.4, -0.2) is 0 Å². The van der Waals surface area contributed by atoms with Gasteiger partial charge in [0, 0.05) is 28.2 Å². The molecular weight excluding hydrogens is 665 g/mol. The fourth-order valence-corrected chi connectivity index (χ4v) is 9.28. The lowest BCUT2D eigenvalue weighted by molar-refractivity contribution is 0.633. The minimum Gasteiger partial charge on any atom is -0.310 e. The molecule has 0 N–H and O–H groups in total. The molecule has 11 rings (SSSR count). The number of fused-ring (bicyclic) bond motifs is 11. The zero-order valence-electron chi connectivity index (χ0n) is 30.9. The second kappa shape index (κ2) is 12.1. The lowest BCUT2D eigenvalue weighted by atomic mass is 9.72. The third kappa shape index (κ3) is 4.81. The van der Waals surface area contributed by atoms with Crippen LogP contribution in [0.4, 0.5) is 34.1 Å². The Bertz CT molecular complexity index is 3130. The highest BCUT2D eigenvalue weighted by Crippen LogP contribution is 2.55. The van der Waals surface area contributed by atoms with E-state index in [4.69, 9.17) is 0 Å². The van der Waals surface area contributed by atoms with Crippen LogP contribution in [0.3, 0.4) is 0 Å². The molecule has 0 bridgehead atoms. The Morgan fingerprint density at radius 1 is 0.345 bits per heavy atom. The van der Waals surface area contributed by atoms with Crippen LogP contribution in [0.1, 0.15) is 25.0 Å². The molecule has 1 aliphatic rings. The van der Waals surface area contributed by atoms with Crippen molar-refractivity contribution in [1.29, 1.82) is 0 Å². The van der Waals surface area contributed by atoms with Crippen molar-refractivity contribution in [3.05, 3.63) is 205 Å². The molecular formula is C53H38N2. The highest BCUT2D eigenvalue weighted by Gasteiger charge is 2.38. The standard InChI is InChI=1S/C53H38N2/c1-53(2)49-32-40(54(37-16-5-3-6-17-37)39-27-29-42-36(31-39)26-25-35-15-9-10-20-41(35)42)28-30-51(49)55(38-18-7-4-8-19-38)52-34-48-46-24-14-12-22-44(46)43-21-11-13-23-45(43)47(48)33-50(52)53/h3-34H,1-2H3. The molecule has 0 saturated heterocycles. The minimum absolute atomic E-state index is 0.308. The number of para-hydroxylation sites is 2. The molecule has 0 amide bonds. The summed E-state index contributed by atoms with van der Waals surface area (Å²) in [5, 5.41) is 12.8. The first-order chi connectivity index (χ1) is 27.0. The van der Waals surface area contributed by atoms with Crippen molar-refractivity contribution < 1.29 is 0 Å². The molecule has 2 heteroatoms. The highest BCUT2D eigenvalue weighted by atomic mass is 15.2. The summed E-state index contributed by atoms with van der Waals surface area (Å²) in [6.45, 7) is 4.81. The molecule has 55 heavy (non-hydrogen) atoms. The van der Waals surface area contributed by atoms with Crippen LogP contribution in [-0.2, 0) is 5.41 Å². The second-order valence-corrected chi connectivity index (χ2v) is 15.4. The van der Waals surface area contributed by atoms with Crippen molar-refractivity contribution in [3.63, 3.8) is 0 Å². The van der Waals surface area contributed by atoms with Gasteiger partial charge in [-0.3, -0.25) is 0 Å². The number of anilines is 6. The van der Waals surface area contributed by atoms with Crippen molar-refractivity contribution in [2.75, 3.05) is 9.80 Å². The molecule has 0 fully saturated rings. The van der Waals surface area contributed by atoms with Crippen molar-refractivity contribution in [1.82, 2.24) is 0 Å². The van der Waals surface area contributed by atoms with E-state index in [9.17, 15) is 0 Å². The van der Waals surface area contributed by atoms with E-state index in [1.165, 1.54) is 76.4 Å². The molecule has 0 aromatic heterocycles. The molecule has 2 nitrogen and oxygen atoms in total. The largest absolute Gasteiger partial charge is 0.310 e. The minimum atomic E-state index is -0.308. The average molecular weight is 703 g/mol. The van der Waals surface area contributed by atoms with E-state index in [1.54, 1.807) is 0 Å². The number of hydrogen-bond acceptors (Lipinski definition) is 2. The topological polar surface area (TPSA) is 6.48 Å². The average Bonchev–Trinajstić information content (AvgIpc) is 3.24. The molecule has 0 atom stereocenters. The van der Waals surface area contributed by atoms with E-state index < -0.39 is 0 Å². The second-order valence-electron chi connectivity index (χ2n) is 15.4. The van der Waals surface area contributed by atoms with Crippen LogP contribution in [0, 0.1) is 0 Å². The predicted octanol–water partition coefficient (Wildman–Crippen LogP) is 15.0. The number of nitrogens with zero attached hydrogens (tertiary/aromatic N) is 2. The Kier molecular flexibility index (Phi) is 6.93. The Morgan fingerprint density at radius 3 is 1.56 bits per heavy atom. The number of rotatable bonds is 4. The van der Waals surface area contributed by atoms with Crippen molar-refractivity contribution in [2.45, 2.75) is 19.3 Å². The zero-order valence-corrected chi connectivity index (χ0v) is 30.9. The van der Waals surface area contributed by atoms with Gasteiger partial charge in [-0.1, -0.05) is 141 Å². The summed E-state index contributed by atoms with van der Waals surface area (Å²) in [6.07, 6.45) is 0. The summed E-state index contributed by atoms with van der Waals surface area (Å²) >= 11 is 0. The first kappa shape index (κ1) is 31.6. The van der Waals surface area contributed by atoms with Gasteiger partial charge in [-0.15, -0.1) is 0 Å². The van der Waals surface area contributed by atoms with Crippen molar-refractivity contribution in [2.24, 2.45) is 0 Å². The smallest absolute Gasteiger partial charge is 0.0509 e. The van der Waals surface area contributed by atoms with E-state index in [-0.39, 0.29) is 5.41 Å². The van der Waals surface area contributed by atoms with Crippen LogP contribution < -0.4 is 9.80 Å². The quantitative estimate of drug-likeness (QED) is 0.168. The fraction of sp³-hybridized carbons (Fsp3) is 0.0566. The molecule has 10 aromatic rings. The maximum atomic E-state index is 2.49. The fourth-order valence-electron chi connectivity index (χ4n) is 9.28. The summed E-state index contributed by atoms with van der Waals surface area (Å²) in [7, 11) is 0. The Balaban J connectivity index is 1.16. The van der Waals surface area contributed by atoms with Gasteiger partial charge in [0.1, 0.15) is 0 Å².